The highest BCUT2D eigenvalue weighted by atomic mass is 16.4. The number of pyridine rings is 1. The molecule has 0 unspecified atom stereocenters. The summed E-state index contributed by atoms with van der Waals surface area (Å²) in [6, 6.07) is 13.9. The van der Waals surface area contributed by atoms with E-state index < -0.39 is 5.97 Å². The number of aromatic carboxylic acids is 1. The molecule has 21 heavy (non-hydrogen) atoms. The van der Waals surface area contributed by atoms with E-state index in [1.807, 2.05) is 30.3 Å². The molecule has 104 valence electrons. The maximum atomic E-state index is 12.3. The fraction of sp³-hybridized carbons (Fsp3) is 0. The Labute approximate surface area is 119 Å². The summed E-state index contributed by atoms with van der Waals surface area (Å²) in [4.78, 5) is 26.1. The minimum Gasteiger partial charge on any atom is -0.477 e. The van der Waals surface area contributed by atoms with E-state index in [9.17, 15) is 9.59 Å². The van der Waals surface area contributed by atoms with Crippen molar-refractivity contribution in [3.05, 3.63) is 64.4 Å². The van der Waals surface area contributed by atoms with Gasteiger partial charge < -0.3 is 15.8 Å². The molecule has 0 aliphatic rings. The van der Waals surface area contributed by atoms with Crippen molar-refractivity contribution >= 4 is 22.6 Å². The van der Waals surface area contributed by atoms with Crippen LogP contribution in [0, 0.1) is 0 Å². The van der Waals surface area contributed by atoms with Crippen molar-refractivity contribution in [1.29, 1.82) is 0 Å². The summed E-state index contributed by atoms with van der Waals surface area (Å²) in [6.45, 7) is 0. The van der Waals surface area contributed by atoms with Crippen LogP contribution in [0.1, 0.15) is 10.5 Å². The molecule has 4 N–H and O–H groups in total. The molecule has 3 rings (SSSR count). The second-order valence-corrected chi connectivity index (χ2v) is 4.67. The lowest BCUT2D eigenvalue weighted by Gasteiger charge is -2.09. The summed E-state index contributed by atoms with van der Waals surface area (Å²) < 4.78 is 0. The van der Waals surface area contributed by atoms with Crippen LogP contribution < -0.4 is 11.2 Å². The highest BCUT2D eigenvalue weighted by Crippen LogP contribution is 2.28. The van der Waals surface area contributed by atoms with Gasteiger partial charge in [0.1, 0.15) is 5.69 Å². The molecule has 2 aromatic carbocycles. The van der Waals surface area contributed by atoms with E-state index in [4.69, 9.17) is 10.8 Å². The fourth-order valence-corrected chi connectivity index (χ4v) is 2.36. The number of nitrogens with two attached hydrogens (primary N) is 1. The number of nitrogens with one attached hydrogen (secondary N) is 1. The average molecular weight is 280 g/mol. The number of rotatable bonds is 2. The van der Waals surface area contributed by atoms with E-state index in [0.29, 0.717) is 16.6 Å². The number of carboxylic acid groups (broad SMARTS) is 1. The van der Waals surface area contributed by atoms with Gasteiger partial charge in [-0.05, 0) is 17.2 Å². The van der Waals surface area contributed by atoms with E-state index in [-0.39, 0.29) is 11.1 Å². The van der Waals surface area contributed by atoms with Crippen LogP contribution in [0.15, 0.2) is 53.3 Å². The predicted molar refractivity (Wildman–Crippen MR) is 81.4 cm³/mol. The van der Waals surface area contributed by atoms with Crippen LogP contribution in [0.4, 0.5) is 5.69 Å². The van der Waals surface area contributed by atoms with Crippen molar-refractivity contribution in [3.63, 3.8) is 0 Å². The molecule has 5 heteroatoms. The maximum Gasteiger partial charge on any atom is 0.352 e. The molecule has 0 saturated heterocycles. The maximum absolute atomic E-state index is 12.3. The summed E-state index contributed by atoms with van der Waals surface area (Å²) in [5.41, 5.74) is 7.61. The number of hydrogen-bond acceptors (Lipinski definition) is 3. The van der Waals surface area contributed by atoms with E-state index in [1.165, 1.54) is 0 Å². The molecule has 0 spiro atoms. The molecular weight excluding hydrogens is 268 g/mol. The van der Waals surface area contributed by atoms with Crippen molar-refractivity contribution < 1.29 is 9.90 Å². The molecule has 0 atom stereocenters. The Kier molecular flexibility index (Phi) is 2.95. The molecule has 0 aliphatic carbocycles. The smallest absolute Gasteiger partial charge is 0.352 e. The Hall–Kier alpha value is -3.08. The lowest BCUT2D eigenvalue weighted by molar-refractivity contribution is 0.0691. The largest absolute Gasteiger partial charge is 0.477 e. The van der Waals surface area contributed by atoms with Crippen LogP contribution in [-0.4, -0.2) is 16.1 Å². The number of carbonyl (C=O) groups is 1. The summed E-state index contributed by atoms with van der Waals surface area (Å²) in [5, 5.41) is 9.43. The van der Waals surface area contributed by atoms with Gasteiger partial charge in [-0.2, -0.15) is 0 Å². The first-order valence-electron chi connectivity index (χ1n) is 6.32. The summed E-state index contributed by atoms with van der Waals surface area (Å²) >= 11 is 0. The second-order valence-electron chi connectivity index (χ2n) is 4.67. The van der Waals surface area contributed by atoms with Gasteiger partial charge in [-0.3, -0.25) is 4.79 Å². The van der Waals surface area contributed by atoms with Crippen LogP contribution in [0.25, 0.3) is 22.0 Å². The highest BCUT2D eigenvalue weighted by molar-refractivity contribution is 6.02. The molecule has 0 fully saturated rings. The van der Waals surface area contributed by atoms with Crippen molar-refractivity contribution in [1.82, 2.24) is 4.98 Å². The molecule has 1 heterocycles. The Balaban J connectivity index is 2.42. The Morgan fingerprint density at radius 2 is 1.81 bits per heavy atom. The molecular formula is C16H12N2O3. The third-order valence-corrected chi connectivity index (χ3v) is 3.33. The van der Waals surface area contributed by atoms with Crippen LogP contribution in [0.5, 0.6) is 0 Å². The van der Waals surface area contributed by atoms with Crippen LogP contribution >= 0.6 is 0 Å². The molecule has 0 aliphatic heterocycles. The lowest BCUT2D eigenvalue weighted by Crippen LogP contribution is -2.11. The molecule has 1 aromatic heterocycles. The third kappa shape index (κ3) is 2.14. The zero-order valence-electron chi connectivity index (χ0n) is 11.0. The minimum absolute atomic E-state index is 0.176. The van der Waals surface area contributed by atoms with Gasteiger partial charge in [-0.15, -0.1) is 0 Å². The number of fused-ring (bicyclic) bond motifs is 1. The number of aromatic nitrogens is 1. The van der Waals surface area contributed by atoms with Crippen molar-refractivity contribution in [2.75, 3.05) is 5.73 Å². The predicted octanol–water partition coefficient (Wildman–Crippen LogP) is 2.48. The molecule has 0 radical (unpaired) electrons. The first-order chi connectivity index (χ1) is 10.1. The first-order valence-corrected chi connectivity index (χ1v) is 6.32. The topological polar surface area (TPSA) is 96.2 Å². The standard InChI is InChI=1S/C16H12N2O3/c17-11-7-6-10(9-4-2-1-3-5-9)14-13(19)8-12(16(20)21)18-15(11)14/h1-8H,17H2,(H,18,19)(H,20,21). The van der Waals surface area contributed by atoms with Gasteiger partial charge in [-0.25, -0.2) is 4.79 Å². The van der Waals surface area contributed by atoms with E-state index in [1.54, 1.807) is 12.1 Å². The molecule has 3 aromatic rings. The highest BCUT2D eigenvalue weighted by Gasteiger charge is 2.13. The van der Waals surface area contributed by atoms with Gasteiger partial charge in [0.2, 0.25) is 0 Å². The second kappa shape index (κ2) is 4.79. The number of benzene rings is 2. The quantitative estimate of drug-likeness (QED) is 0.628. The van der Waals surface area contributed by atoms with Gasteiger partial charge in [0, 0.05) is 6.07 Å². The van der Waals surface area contributed by atoms with Gasteiger partial charge >= 0.3 is 5.97 Å². The number of hydrogen-bond donors (Lipinski definition) is 3. The van der Waals surface area contributed by atoms with Gasteiger partial charge in [-0.1, -0.05) is 36.4 Å². The lowest BCUT2D eigenvalue weighted by atomic mass is 9.99. The third-order valence-electron chi connectivity index (χ3n) is 3.33. The number of carboxylic acids is 1. The zero-order chi connectivity index (χ0) is 15.0. The molecule has 5 nitrogen and oxygen atoms in total. The fourth-order valence-electron chi connectivity index (χ4n) is 2.36. The van der Waals surface area contributed by atoms with Gasteiger partial charge in [0.05, 0.1) is 16.6 Å². The minimum atomic E-state index is -1.20. The first kappa shape index (κ1) is 12.9. The molecule has 0 saturated carbocycles. The van der Waals surface area contributed by atoms with Crippen molar-refractivity contribution in [3.8, 4) is 11.1 Å². The zero-order valence-corrected chi connectivity index (χ0v) is 11.0. The van der Waals surface area contributed by atoms with Crippen LogP contribution in [0.3, 0.4) is 0 Å². The number of aromatic amines is 1. The average Bonchev–Trinajstić information content (AvgIpc) is 2.49. The van der Waals surface area contributed by atoms with Gasteiger partial charge in [0.15, 0.2) is 5.43 Å². The number of H-pyrrole nitrogens is 1. The summed E-state index contributed by atoms with van der Waals surface area (Å²) in [6.07, 6.45) is 0. The number of anilines is 1. The van der Waals surface area contributed by atoms with Gasteiger partial charge in [0.25, 0.3) is 0 Å². The SMILES string of the molecule is Nc1ccc(-c2ccccc2)c2c(=O)cc(C(=O)O)[nH]c12. The van der Waals surface area contributed by atoms with Crippen molar-refractivity contribution in [2.45, 2.75) is 0 Å². The van der Waals surface area contributed by atoms with Crippen LogP contribution in [0.2, 0.25) is 0 Å². The normalized spacial score (nSPS) is 10.7. The summed E-state index contributed by atoms with van der Waals surface area (Å²) in [5.74, 6) is -1.20. The van der Waals surface area contributed by atoms with E-state index >= 15 is 0 Å². The monoisotopic (exact) mass is 280 g/mol. The van der Waals surface area contributed by atoms with E-state index in [0.717, 1.165) is 17.2 Å². The van der Waals surface area contributed by atoms with Crippen molar-refractivity contribution in [2.24, 2.45) is 0 Å². The Bertz CT molecular complexity index is 899. The number of nitrogen functional groups attached to an aromatic ring is 1. The van der Waals surface area contributed by atoms with Crippen LogP contribution in [-0.2, 0) is 0 Å². The molecule has 0 amide bonds. The Morgan fingerprint density at radius 3 is 2.48 bits per heavy atom. The van der Waals surface area contributed by atoms with E-state index in [2.05, 4.69) is 4.98 Å². The Morgan fingerprint density at radius 1 is 1.10 bits per heavy atom. The summed E-state index contributed by atoms with van der Waals surface area (Å²) in [7, 11) is 0. The molecule has 0 bridgehead atoms.